The van der Waals surface area contributed by atoms with Gasteiger partial charge in [0.05, 0.1) is 33.8 Å². The Kier molecular flexibility index (Phi) is 6.42. The minimum absolute atomic E-state index is 0.0539. The molecule has 1 aliphatic carbocycles. The van der Waals surface area contributed by atoms with Crippen molar-refractivity contribution in [3.63, 3.8) is 0 Å². The molecule has 4 rings (SSSR count). The van der Waals surface area contributed by atoms with E-state index >= 15 is 0 Å². The van der Waals surface area contributed by atoms with Crippen LogP contribution in [0.4, 0.5) is 5.13 Å². The van der Waals surface area contributed by atoms with Gasteiger partial charge in [0.2, 0.25) is 0 Å². The number of thiazole rings is 1. The third-order valence-corrected chi connectivity index (χ3v) is 8.97. The summed E-state index contributed by atoms with van der Waals surface area (Å²) in [7, 11) is -3.30. The van der Waals surface area contributed by atoms with Gasteiger partial charge in [0.15, 0.2) is 26.8 Å². The summed E-state index contributed by atoms with van der Waals surface area (Å²) in [6.45, 7) is 1.01. The summed E-state index contributed by atoms with van der Waals surface area (Å²) >= 11 is 2.90. The molecule has 1 aromatic carbocycles. The van der Waals surface area contributed by atoms with E-state index in [9.17, 15) is 13.2 Å². The number of benzene rings is 1. The highest BCUT2D eigenvalue weighted by Crippen LogP contribution is 2.33. The zero-order chi connectivity index (χ0) is 21.1. The molecule has 0 bridgehead atoms. The molecule has 0 spiro atoms. The summed E-state index contributed by atoms with van der Waals surface area (Å²) in [6.07, 6.45) is 5.49. The fourth-order valence-electron chi connectivity index (χ4n) is 2.89. The molecule has 11 heteroatoms. The van der Waals surface area contributed by atoms with Crippen LogP contribution in [-0.2, 0) is 24.2 Å². The minimum Gasteiger partial charge on any atom is -0.389 e. The Labute approximate surface area is 183 Å². The Balaban J connectivity index is 1.57. The van der Waals surface area contributed by atoms with E-state index in [0.717, 1.165) is 4.21 Å². The van der Waals surface area contributed by atoms with E-state index in [2.05, 4.69) is 15.5 Å². The number of anilines is 1. The van der Waals surface area contributed by atoms with Crippen molar-refractivity contribution in [3.8, 4) is 0 Å². The summed E-state index contributed by atoms with van der Waals surface area (Å²) in [6, 6.07) is 6.19. The monoisotopic (exact) mass is 467 g/mol. The molecule has 160 valence electrons. The molecule has 2 fully saturated rings. The first-order valence-corrected chi connectivity index (χ1v) is 13.0. The molecule has 1 aliphatic heterocycles. The van der Waals surface area contributed by atoms with Gasteiger partial charge in [-0.15, -0.1) is 11.8 Å². The van der Waals surface area contributed by atoms with Crippen molar-refractivity contribution in [2.75, 3.05) is 24.8 Å². The third-order valence-electron chi connectivity index (χ3n) is 4.72. The maximum absolute atomic E-state index is 12.9. The lowest BCUT2D eigenvalue weighted by Crippen LogP contribution is -2.25. The Morgan fingerprint density at radius 1 is 1.30 bits per heavy atom. The molecule has 1 aromatic heterocycles. The van der Waals surface area contributed by atoms with Crippen molar-refractivity contribution in [2.45, 2.75) is 39.7 Å². The Bertz CT molecular complexity index is 1040. The normalized spacial score (nSPS) is 19.6. The second-order valence-electron chi connectivity index (χ2n) is 6.94. The molecular weight excluding hydrogens is 446 g/mol. The van der Waals surface area contributed by atoms with Crippen molar-refractivity contribution < 1.29 is 22.8 Å². The molecule has 1 N–H and O–H groups in total. The molecule has 30 heavy (non-hydrogen) atoms. The largest absolute Gasteiger partial charge is 0.389 e. The second-order valence-corrected chi connectivity index (χ2v) is 11.3. The van der Waals surface area contributed by atoms with Gasteiger partial charge in [0, 0.05) is 12.0 Å². The number of carbonyl (C=O) groups excluding carboxylic acids is 1. The third kappa shape index (κ3) is 4.85. The van der Waals surface area contributed by atoms with Crippen LogP contribution in [0.15, 0.2) is 44.7 Å². The van der Waals surface area contributed by atoms with E-state index in [1.807, 2.05) is 6.26 Å². The maximum Gasteiger partial charge on any atom is 0.280 e. The average Bonchev–Trinajstić information content (AvgIpc) is 3.31. The molecule has 0 radical (unpaired) electrons. The number of nitrogens with one attached hydrogen (secondary N) is 1. The van der Waals surface area contributed by atoms with Crippen LogP contribution in [0.5, 0.6) is 0 Å². The molecule has 2 heterocycles. The number of carbonyl (C=O) groups is 1. The van der Waals surface area contributed by atoms with Gasteiger partial charge in [-0.1, -0.05) is 28.6 Å². The van der Waals surface area contributed by atoms with Crippen molar-refractivity contribution >= 4 is 49.7 Å². The molecule has 2 aromatic rings. The first-order valence-electron chi connectivity index (χ1n) is 9.44. The first-order chi connectivity index (χ1) is 14.5. The van der Waals surface area contributed by atoms with Gasteiger partial charge in [-0.05, 0) is 31.2 Å². The summed E-state index contributed by atoms with van der Waals surface area (Å²) in [5.41, 5.74) is 0.515. The topological polar surface area (TPSA) is 107 Å². The second kappa shape index (κ2) is 9.04. The standard InChI is InChI=1S/C19H21N3O5S3/c1-28-16-10-20-19(29-16)21-18(23)17(22-27-13-8-9-26-11-13)12-2-4-14(5-3-12)30(24,25)15-6-7-15/h2-5,10,13,15H,6-9,11H2,1H3,(H,20,21,23)/t13-/m1/s1. The molecule has 1 saturated heterocycles. The first kappa shape index (κ1) is 21.3. The van der Waals surface area contributed by atoms with Crippen molar-refractivity contribution in [2.24, 2.45) is 5.16 Å². The van der Waals surface area contributed by atoms with Gasteiger partial charge < -0.3 is 9.57 Å². The smallest absolute Gasteiger partial charge is 0.280 e. The van der Waals surface area contributed by atoms with Crippen LogP contribution in [0.25, 0.3) is 0 Å². The van der Waals surface area contributed by atoms with E-state index in [4.69, 9.17) is 9.57 Å². The molecule has 1 atom stereocenters. The number of amides is 1. The summed E-state index contributed by atoms with van der Waals surface area (Å²) < 4.78 is 31.1. The van der Waals surface area contributed by atoms with E-state index < -0.39 is 15.7 Å². The van der Waals surface area contributed by atoms with Crippen LogP contribution >= 0.6 is 23.1 Å². The van der Waals surface area contributed by atoms with Gasteiger partial charge in [0.25, 0.3) is 5.91 Å². The molecule has 0 unspecified atom stereocenters. The number of ether oxygens (including phenoxy) is 1. The minimum atomic E-state index is -3.30. The number of rotatable bonds is 8. The zero-order valence-electron chi connectivity index (χ0n) is 16.2. The van der Waals surface area contributed by atoms with Gasteiger partial charge in [-0.25, -0.2) is 13.4 Å². The lowest BCUT2D eigenvalue weighted by Gasteiger charge is -2.10. The van der Waals surface area contributed by atoms with Crippen LogP contribution < -0.4 is 5.32 Å². The van der Waals surface area contributed by atoms with Crippen LogP contribution in [0.1, 0.15) is 24.8 Å². The summed E-state index contributed by atoms with van der Waals surface area (Å²) in [5, 5.41) is 6.99. The van der Waals surface area contributed by atoms with E-state index in [-0.39, 0.29) is 22.0 Å². The lowest BCUT2D eigenvalue weighted by atomic mass is 10.1. The van der Waals surface area contributed by atoms with Gasteiger partial charge in [0.1, 0.15) is 0 Å². The van der Waals surface area contributed by atoms with Crippen LogP contribution in [-0.4, -0.2) is 55.8 Å². The Morgan fingerprint density at radius 3 is 2.67 bits per heavy atom. The number of thioether (sulfide) groups is 1. The van der Waals surface area contributed by atoms with E-state index in [1.54, 1.807) is 18.3 Å². The highest BCUT2D eigenvalue weighted by atomic mass is 32.2. The van der Waals surface area contributed by atoms with Crippen LogP contribution in [0.2, 0.25) is 0 Å². The van der Waals surface area contributed by atoms with Crippen molar-refractivity contribution in [1.82, 2.24) is 4.98 Å². The number of nitrogens with zero attached hydrogens (tertiary/aromatic N) is 2. The quantitative estimate of drug-likeness (QED) is 0.361. The highest BCUT2D eigenvalue weighted by molar-refractivity contribution is 8.00. The fourth-order valence-corrected chi connectivity index (χ4v) is 5.82. The zero-order valence-corrected chi connectivity index (χ0v) is 18.7. The molecule has 8 nitrogen and oxygen atoms in total. The molecular formula is C19H21N3O5S3. The van der Waals surface area contributed by atoms with Crippen molar-refractivity contribution in [1.29, 1.82) is 0 Å². The van der Waals surface area contributed by atoms with Crippen LogP contribution in [0.3, 0.4) is 0 Å². The number of sulfone groups is 1. The molecule has 1 amide bonds. The predicted octanol–water partition coefficient (Wildman–Crippen LogP) is 2.95. The van der Waals surface area contributed by atoms with Gasteiger partial charge in [-0.2, -0.15) is 0 Å². The molecule has 1 saturated carbocycles. The van der Waals surface area contributed by atoms with E-state index in [0.29, 0.717) is 43.2 Å². The predicted molar refractivity (Wildman–Crippen MR) is 116 cm³/mol. The van der Waals surface area contributed by atoms with Crippen LogP contribution in [0, 0.1) is 0 Å². The number of aromatic nitrogens is 1. The average molecular weight is 468 g/mol. The number of oxime groups is 1. The Hall–Kier alpha value is -1.95. The number of hydrogen-bond donors (Lipinski definition) is 1. The SMILES string of the molecule is CSc1cnc(NC(=O)C(=NO[C@@H]2CCOC2)c2ccc(S(=O)(=O)C3CC3)cc2)s1. The fraction of sp³-hybridized carbons (Fsp3) is 0.421. The molecule has 2 aliphatic rings. The summed E-state index contributed by atoms with van der Waals surface area (Å²) in [4.78, 5) is 22.9. The van der Waals surface area contributed by atoms with Crippen molar-refractivity contribution in [3.05, 3.63) is 36.0 Å². The summed E-state index contributed by atoms with van der Waals surface area (Å²) in [5.74, 6) is -0.478. The number of hydrogen-bond acceptors (Lipinski definition) is 9. The lowest BCUT2D eigenvalue weighted by molar-refractivity contribution is -0.110. The van der Waals surface area contributed by atoms with E-state index in [1.165, 1.54) is 35.2 Å². The van der Waals surface area contributed by atoms with Gasteiger partial charge >= 0.3 is 0 Å². The Morgan fingerprint density at radius 2 is 2.07 bits per heavy atom. The maximum atomic E-state index is 12.9. The highest BCUT2D eigenvalue weighted by Gasteiger charge is 2.36. The van der Waals surface area contributed by atoms with Gasteiger partial charge in [-0.3, -0.25) is 10.1 Å².